The molecule has 0 spiro atoms. The van der Waals surface area contributed by atoms with E-state index < -0.39 is 7.04 Å². The van der Waals surface area contributed by atoms with Gasteiger partial charge in [0.15, 0.2) is 0 Å². The van der Waals surface area contributed by atoms with Gasteiger partial charge in [0.1, 0.15) is 0 Å². The second-order valence-electron chi connectivity index (χ2n) is 12.1. The van der Waals surface area contributed by atoms with Crippen molar-refractivity contribution in [1.29, 1.82) is 0 Å². The zero-order valence-electron chi connectivity index (χ0n) is 17.7. The third-order valence-electron chi connectivity index (χ3n) is 8.32. The van der Waals surface area contributed by atoms with E-state index in [1.165, 1.54) is 44.9 Å². The predicted octanol–water partition coefficient (Wildman–Crippen LogP) is 7.02. The fraction of sp³-hybridized carbons (Fsp3) is 0.792. The van der Waals surface area contributed by atoms with Crippen LogP contribution in [-0.4, -0.2) is 24.2 Å². The van der Waals surface area contributed by atoms with Crippen molar-refractivity contribution in [3.8, 4) is 0 Å². The van der Waals surface area contributed by atoms with Crippen LogP contribution >= 0.6 is 7.04 Å². The molecule has 0 aliphatic heterocycles. The molecule has 0 atom stereocenters. The van der Waals surface area contributed by atoms with Crippen LogP contribution in [-0.2, 0) is 0 Å². The maximum atomic E-state index is 5.79. The Morgan fingerprint density at radius 2 is 1.23 bits per heavy atom. The van der Waals surface area contributed by atoms with Crippen molar-refractivity contribution in [2.75, 3.05) is 13.3 Å². The summed E-state index contributed by atoms with van der Waals surface area (Å²) in [5, 5.41) is 7.37. The summed E-state index contributed by atoms with van der Waals surface area (Å²) in [5.41, 5.74) is 4.21. The van der Waals surface area contributed by atoms with Gasteiger partial charge in [0.2, 0.25) is 0 Å². The van der Waals surface area contributed by atoms with E-state index in [1.807, 2.05) is 0 Å². The Balaban J connectivity index is 1.51. The smallest absolute Gasteiger partial charge is 0.00921 e. The lowest BCUT2D eigenvalue weighted by atomic mass is 9.53. The molecule has 6 aliphatic carbocycles. The van der Waals surface area contributed by atoms with Crippen LogP contribution in [0.3, 0.4) is 0 Å². The molecule has 0 unspecified atom stereocenters. The molecule has 0 saturated heterocycles. The molecule has 6 rings (SSSR count). The van der Waals surface area contributed by atoms with Crippen LogP contribution in [0.25, 0.3) is 5.09 Å². The molecule has 0 aromatic heterocycles. The largest absolute Gasteiger partial charge is 0.630 e. The summed E-state index contributed by atoms with van der Waals surface area (Å²) in [7, 11) is -1.42. The Hall–Kier alpha value is -0.260. The number of hydrogen-bond acceptors (Lipinski definition) is 0. The van der Waals surface area contributed by atoms with Gasteiger partial charge in [-0.05, 0) is 70.7 Å². The Kier molecular flexibility index (Phi) is 3.57. The SMILES string of the molecule is CC1(C)CC(C)(C)C2=CC(=P(C)(C)[N-]C34CC5CC(CC(C5)C3)C4)C=C21. The molecule has 4 bridgehead atoms. The van der Waals surface area contributed by atoms with E-state index in [-0.39, 0.29) is 0 Å². The number of nitrogens with zero attached hydrogens (tertiary/aromatic N) is 1. The van der Waals surface area contributed by atoms with Crippen molar-refractivity contribution in [2.45, 2.75) is 78.2 Å². The molecular weight excluding hydrogens is 333 g/mol. The van der Waals surface area contributed by atoms with E-state index in [9.17, 15) is 0 Å². The first-order valence-corrected chi connectivity index (χ1v) is 13.5. The highest BCUT2D eigenvalue weighted by Crippen LogP contribution is 2.67. The van der Waals surface area contributed by atoms with Crippen molar-refractivity contribution in [3.63, 3.8) is 0 Å². The lowest BCUT2D eigenvalue weighted by molar-refractivity contribution is 0.0178. The number of hydrogen-bond donors (Lipinski definition) is 0. The summed E-state index contributed by atoms with van der Waals surface area (Å²) in [6.45, 7) is 14.7. The van der Waals surface area contributed by atoms with Crippen LogP contribution in [0.1, 0.15) is 72.6 Å². The average molecular weight is 371 g/mol. The third-order valence-corrected chi connectivity index (χ3v) is 10.8. The Morgan fingerprint density at radius 3 is 1.65 bits per heavy atom. The molecule has 0 radical (unpaired) electrons. The lowest BCUT2D eigenvalue weighted by Gasteiger charge is -2.66. The molecule has 5 fully saturated rings. The van der Waals surface area contributed by atoms with Gasteiger partial charge in [-0.3, -0.25) is 0 Å². The topological polar surface area (TPSA) is 14.1 Å². The van der Waals surface area contributed by atoms with Crippen LogP contribution in [0.2, 0.25) is 0 Å². The van der Waals surface area contributed by atoms with Crippen molar-refractivity contribution < 1.29 is 0 Å². The molecule has 0 aromatic rings. The lowest BCUT2D eigenvalue weighted by Crippen LogP contribution is -2.49. The van der Waals surface area contributed by atoms with E-state index in [2.05, 4.69) is 53.2 Å². The van der Waals surface area contributed by atoms with Gasteiger partial charge < -0.3 is 5.09 Å². The molecule has 2 heteroatoms. The first-order chi connectivity index (χ1) is 12.0. The zero-order chi connectivity index (χ0) is 18.5. The molecule has 0 heterocycles. The molecule has 0 aromatic carbocycles. The van der Waals surface area contributed by atoms with Crippen LogP contribution < -0.4 is 0 Å². The minimum atomic E-state index is -1.42. The average Bonchev–Trinajstić information content (AvgIpc) is 2.96. The second kappa shape index (κ2) is 5.21. The maximum Gasteiger partial charge on any atom is -0.00921 e. The minimum Gasteiger partial charge on any atom is -0.630 e. The highest BCUT2D eigenvalue weighted by Gasteiger charge is 2.48. The normalized spacial score (nSPS) is 42.1. The van der Waals surface area contributed by atoms with Gasteiger partial charge in [-0.2, -0.15) is 0 Å². The highest BCUT2D eigenvalue weighted by molar-refractivity contribution is 7.78. The van der Waals surface area contributed by atoms with E-state index in [0.717, 1.165) is 17.8 Å². The van der Waals surface area contributed by atoms with Gasteiger partial charge >= 0.3 is 0 Å². The number of rotatable bonds is 2. The van der Waals surface area contributed by atoms with Gasteiger partial charge in [-0.15, -0.1) is 5.54 Å². The standard InChI is InChI=1S/C24H37NP/c1-22(2)15-23(3,4)21-11-19(10-20(21)22)26(5,6)25-24-12-16-7-17(13-24)9-18(8-16)14-24/h10-11,16-18H,7-9,12-15H2,1-6H3/q-1. The van der Waals surface area contributed by atoms with Crippen LogP contribution in [0.5, 0.6) is 0 Å². The fourth-order valence-corrected chi connectivity index (χ4v) is 10.3. The summed E-state index contributed by atoms with van der Waals surface area (Å²) in [6.07, 6.45) is 15.2. The summed E-state index contributed by atoms with van der Waals surface area (Å²) < 4.78 is 0. The number of allylic oxidation sites excluding steroid dienone is 4. The van der Waals surface area contributed by atoms with Crippen LogP contribution in [0, 0.1) is 28.6 Å². The first-order valence-electron chi connectivity index (χ1n) is 10.9. The molecule has 0 N–H and O–H groups in total. The molecule has 5 saturated carbocycles. The van der Waals surface area contributed by atoms with Gasteiger partial charge in [-0.25, -0.2) is 7.04 Å². The third kappa shape index (κ3) is 2.60. The van der Waals surface area contributed by atoms with Crippen molar-refractivity contribution in [2.24, 2.45) is 28.6 Å². The first kappa shape index (κ1) is 17.8. The fourth-order valence-electron chi connectivity index (χ4n) is 8.00. The molecule has 6 aliphatic rings. The van der Waals surface area contributed by atoms with Crippen molar-refractivity contribution in [1.82, 2.24) is 0 Å². The number of fused-ring (bicyclic) bond motifs is 1. The quantitative estimate of drug-likeness (QED) is 0.464. The Bertz CT molecular complexity index is 703. The summed E-state index contributed by atoms with van der Waals surface area (Å²) in [5.74, 6) is 2.98. The molecule has 0 amide bonds. The molecule has 26 heavy (non-hydrogen) atoms. The van der Waals surface area contributed by atoms with Crippen molar-refractivity contribution in [3.05, 3.63) is 28.4 Å². The van der Waals surface area contributed by atoms with Gasteiger partial charge in [-0.1, -0.05) is 72.4 Å². The summed E-state index contributed by atoms with van der Waals surface area (Å²) in [6, 6.07) is 0. The molecule has 1 nitrogen and oxygen atoms in total. The van der Waals surface area contributed by atoms with E-state index in [1.54, 1.807) is 16.4 Å². The zero-order valence-corrected chi connectivity index (χ0v) is 18.6. The summed E-state index contributed by atoms with van der Waals surface area (Å²) in [4.78, 5) is 0. The summed E-state index contributed by atoms with van der Waals surface area (Å²) >= 11 is 0. The Morgan fingerprint density at radius 1 is 0.808 bits per heavy atom. The maximum absolute atomic E-state index is 5.79. The Labute approximate surface area is 161 Å². The van der Waals surface area contributed by atoms with E-state index in [0.29, 0.717) is 16.4 Å². The monoisotopic (exact) mass is 370 g/mol. The minimum absolute atomic E-state index is 0.317. The van der Waals surface area contributed by atoms with E-state index >= 15 is 0 Å². The van der Waals surface area contributed by atoms with Gasteiger partial charge in [0, 0.05) is 0 Å². The predicted molar refractivity (Wildman–Crippen MR) is 116 cm³/mol. The van der Waals surface area contributed by atoms with Crippen LogP contribution in [0.15, 0.2) is 23.3 Å². The molecule has 144 valence electrons. The van der Waals surface area contributed by atoms with Gasteiger partial charge in [0.25, 0.3) is 0 Å². The van der Waals surface area contributed by atoms with Crippen molar-refractivity contribution >= 4 is 12.3 Å². The van der Waals surface area contributed by atoms with Crippen LogP contribution in [0.4, 0.5) is 0 Å². The van der Waals surface area contributed by atoms with Gasteiger partial charge in [0.05, 0.1) is 0 Å². The highest BCUT2D eigenvalue weighted by atomic mass is 31.2. The van der Waals surface area contributed by atoms with E-state index in [4.69, 9.17) is 5.09 Å². The molecular formula is C24H37NP-. The second-order valence-corrected chi connectivity index (χ2v) is 15.6.